The second-order valence-corrected chi connectivity index (χ2v) is 6.54. The fraction of sp³-hybridized carbons (Fsp3) is 0.900. The number of carbonyl (C=O) groups is 1. The van der Waals surface area contributed by atoms with Gasteiger partial charge in [-0.15, -0.1) is 0 Å². The molecule has 0 aromatic rings. The second-order valence-electron chi connectivity index (χ2n) is 4.45. The Morgan fingerprint density at radius 2 is 1.88 bits per heavy atom. The molecule has 2 heterocycles. The van der Waals surface area contributed by atoms with Crippen molar-refractivity contribution in [2.75, 3.05) is 45.0 Å². The van der Waals surface area contributed by atoms with E-state index in [9.17, 15) is 13.2 Å². The van der Waals surface area contributed by atoms with Gasteiger partial charge in [-0.2, -0.15) is 0 Å². The highest BCUT2D eigenvalue weighted by atomic mass is 32.2. The Kier molecular flexibility index (Phi) is 4.01. The summed E-state index contributed by atoms with van der Waals surface area (Å²) in [6.45, 7) is 4.01. The maximum atomic E-state index is 11.8. The average Bonchev–Trinajstić information content (AvgIpc) is 2.66. The normalized spacial score (nSPS) is 25.1. The van der Waals surface area contributed by atoms with Crippen molar-refractivity contribution in [1.29, 1.82) is 0 Å². The molecule has 0 saturated carbocycles. The van der Waals surface area contributed by atoms with Gasteiger partial charge in [0, 0.05) is 45.7 Å². The number of amides is 1. The smallest absolute Gasteiger partial charge is 0.223 e. The standard InChI is InChI=1S/C10H19N3O3S/c14-10(12-7-3-11-4-8-12)2-6-13-5-1-9-17(13,15)16/h11H,1-9H2. The molecule has 1 amide bonds. The van der Waals surface area contributed by atoms with Crippen molar-refractivity contribution in [3.05, 3.63) is 0 Å². The van der Waals surface area contributed by atoms with E-state index in [0.717, 1.165) is 26.2 Å². The van der Waals surface area contributed by atoms with Crippen LogP contribution in [0.15, 0.2) is 0 Å². The van der Waals surface area contributed by atoms with Gasteiger partial charge in [0.1, 0.15) is 0 Å². The Hall–Kier alpha value is -0.660. The number of piperazine rings is 1. The molecule has 0 atom stereocenters. The van der Waals surface area contributed by atoms with Gasteiger partial charge in [-0.05, 0) is 6.42 Å². The van der Waals surface area contributed by atoms with Gasteiger partial charge in [-0.3, -0.25) is 4.79 Å². The second kappa shape index (κ2) is 5.32. The van der Waals surface area contributed by atoms with Gasteiger partial charge >= 0.3 is 0 Å². The zero-order valence-electron chi connectivity index (χ0n) is 9.89. The summed E-state index contributed by atoms with van der Waals surface area (Å²) in [6.07, 6.45) is 0.989. The van der Waals surface area contributed by atoms with E-state index in [1.165, 1.54) is 4.31 Å². The van der Waals surface area contributed by atoms with Crippen molar-refractivity contribution in [3.8, 4) is 0 Å². The van der Waals surface area contributed by atoms with Gasteiger partial charge in [-0.25, -0.2) is 12.7 Å². The van der Waals surface area contributed by atoms with E-state index in [1.54, 1.807) is 4.90 Å². The van der Waals surface area contributed by atoms with Crippen molar-refractivity contribution in [3.63, 3.8) is 0 Å². The number of carbonyl (C=O) groups excluding carboxylic acids is 1. The molecule has 2 rings (SSSR count). The predicted octanol–water partition coefficient (Wildman–Crippen LogP) is -1.16. The van der Waals surface area contributed by atoms with Gasteiger partial charge in [-0.1, -0.05) is 0 Å². The molecular weight excluding hydrogens is 242 g/mol. The molecule has 0 aromatic heterocycles. The van der Waals surface area contributed by atoms with Crippen LogP contribution in [0, 0.1) is 0 Å². The highest BCUT2D eigenvalue weighted by molar-refractivity contribution is 7.89. The largest absolute Gasteiger partial charge is 0.340 e. The Bertz CT molecular complexity index is 376. The van der Waals surface area contributed by atoms with E-state index in [0.29, 0.717) is 25.9 Å². The summed E-state index contributed by atoms with van der Waals surface area (Å²) in [5, 5.41) is 3.18. The Morgan fingerprint density at radius 3 is 2.47 bits per heavy atom. The van der Waals surface area contributed by atoms with Crippen molar-refractivity contribution in [2.24, 2.45) is 0 Å². The summed E-state index contributed by atoms with van der Waals surface area (Å²) in [7, 11) is -3.06. The lowest BCUT2D eigenvalue weighted by molar-refractivity contribution is -0.131. The van der Waals surface area contributed by atoms with E-state index in [4.69, 9.17) is 0 Å². The molecule has 98 valence electrons. The van der Waals surface area contributed by atoms with E-state index in [2.05, 4.69) is 5.32 Å². The molecular formula is C10H19N3O3S. The fourth-order valence-corrected chi connectivity index (χ4v) is 3.76. The van der Waals surface area contributed by atoms with Crippen molar-refractivity contribution in [1.82, 2.24) is 14.5 Å². The molecule has 7 heteroatoms. The first kappa shape index (κ1) is 12.8. The first-order valence-electron chi connectivity index (χ1n) is 6.06. The fourth-order valence-electron chi connectivity index (χ4n) is 2.24. The van der Waals surface area contributed by atoms with Gasteiger partial charge in [0.2, 0.25) is 15.9 Å². The summed E-state index contributed by atoms with van der Waals surface area (Å²) in [5.74, 6) is 0.294. The molecule has 1 N–H and O–H groups in total. The van der Waals surface area contributed by atoms with Crippen LogP contribution in [0.1, 0.15) is 12.8 Å². The molecule has 0 unspecified atom stereocenters. The zero-order valence-corrected chi connectivity index (χ0v) is 10.7. The highest BCUT2D eigenvalue weighted by Gasteiger charge is 2.28. The number of hydrogen-bond acceptors (Lipinski definition) is 4. The van der Waals surface area contributed by atoms with Crippen LogP contribution in [0.25, 0.3) is 0 Å². The maximum absolute atomic E-state index is 11.8. The van der Waals surface area contributed by atoms with E-state index in [1.807, 2.05) is 0 Å². The van der Waals surface area contributed by atoms with Gasteiger partial charge < -0.3 is 10.2 Å². The Morgan fingerprint density at radius 1 is 1.18 bits per heavy atom. The molecule has 0 bridgehead atoms. The van der Waals surface area contributed by atoms with Crippen LogP contribution in [0.4, 0.5) is 0 Å². The lowest BCUT2D eigenvalue weighted by atomic mass is 10.3. The van der Waals surface area contributed by atoms with Crippen LogP contribution in [0.2, 0.25) is 0 Å². The third-order valence-electron chi connectivity index (χ3n) is 3.25. The number of nitrogens with one attached hydrogen (secondary N) is 1. The monoisotopic (exact) mass is 261 g/mol. The van der Waals surface area contributed by atoms with E-state index >= 15 is 0 Å². The van der Waals surface area contributed by atoms with Gasteiger partial charge in [0.05, 0.1) is 5.75 Å². The molecule has 2 fully saturated rings. The summed E-state index contributed by atoms with van der Waals surface area (Å²) < 4.78 is 24.5. The summed E-state index contributed by atoms with van der Waals surface area (Å²) in [4.78, 5) is 13.6. The Labute approximate surface area is 102 Å². The first-order chi connectivity index (χ1) is 8.09. The minimum atomic E-state index is -3.06. The van der Waals surface area contributed by atoms with Crippen molar-refractivity contribution in [2.45, 2.75) is 12.8 Å². The molecule has 2 saturated heterocycles. The van der Waals surface area contributed by atoms with Crippen LogP contribution in [-0.2, 0) is 14.8 Å². The number of hydrogen-bond donors (Lipinski definition) is 1. The number of rotatable bonds is 3. The minimum Gasteiger partial charge on any atom is -0.340 e. The number of sulfonamides is 1. The molecule has 2 aliphatic heterocycles. The lowest BCUT2D eigenvalue weighted by Crippen LogP contribution is -2.47. The molecule has 2 aliphatic rings. The molecule has 17 heavy (non-hydrogen) atoms. The van der Waals surface area contributed by atoms with Crippen LogP contribution in [0.3, 0.4) is 0 Å². The molecule has 0 aliphatic carbocycles. The van der Waals surface area contributed by atoms with E-state index < -0.39 is 10.0 Å². The highest BCUT2D eigenvalue weighted by Crippen LogP contribution is 2.13. The van der Waals surface area contributed by atoms with Crippen LogP contribution in [-0.4, -0.2) is 68.6 Å². The summed E-state index contributed by atoms with van der Waals surface area (Å²) >= 11 is 0. The molecule has 0 radical (unpaired) electrons. The first-order valence-corrected chi connectivity index (χ1v) is 7.67. The van der Waals surface area contributed by atoms with Gasteiger partial charge in [0.15, 0.2) is 0 Å². The summed E-state index contributed by atoms with van der Waals surface area (Å²) in [5.41, 5.74) is 0. The summed E-state index contributed by atoms with van der Waals surface area (Å²) in [6, 6.07) is 0. The Balaban J connectivity index is 1.79. The third-order valence-corrected chi connectivity index (χ3v) is 5.20. The maximum Gasteiger partial charge on any atom is 0.223 e. The van der Waals surface area contributed by atoms with Crippen LogP contribution >= 0.6 is 0 Å². The topological polar surface area (TPSA) is 69.7 Å². The van der Waals surface area contributed by atoms with Gasteiger partial charge in [0.25, 0.3) is 0 Å². The molecule has 0 aromatic carbocycles. The quantitative estimate of drug-likeness (QED) is 0.696. The minimum absolute atomic E-state index is 0.0635. The van der Waals surface area contributed by atoms with Crippen molar-refractivity contribution < 1.29 is 13.2 Å². The van der Waals surface area contributed by atoms with E-state index in [-0.39, 0.29) is 11.7 Å². The lowest BCUT2D eigenvalue weighted by Gasteiger charge is -2.28. The molecule has 6 nitrogen and oxygen atoms in total. The zero-order chi connectivity index (χ0) is 12.3. The average molecular weight is 261 g/mol. The predicted molar refractivity (Wildman–Crippen MR) is 64.0 cm³/mol. The third kappa shape index (κ3) is 3.17. The SMILES string of the molecule is O=C(CCN1CCCS1(=O)=O)N1CCNCC1. The van der Waals surface area contributed by atoms with Crippen LogP contribution < -0.4 is 5.32 Å². The molecule has 0 spiro atoms. The number of nitrogens with zero attached hydrogens (tertiary/aromatic N) is 2. The van der Waals surface area contributed by atoms with Crippen molar-refractivity contribution >= 4 is 15.9 Å². The van der Waals surface area contributed by atoms with Crippen LogP contribution in [0.5, 0.6) is 0 Å².